The minimum Gasteiger partial charge on any atom is -0.487 e. The quantitative estimate of drug-likeness (QED) is 0.810. The van der Waals surface area contributed by atoms with E-state index in [2.05, 4.69) is 0 Å². The van der Waals surface area contributed by atoms with Gasteiger partial charge in [-0.1, -0.05) is 48.5 Å². The summed E-state index contributed by atoms with van der Waals surface area (Å²) in [5.74, 6) is 0.770. The summed E-state index contributed by atoms with van der Waals surface area (Å²) in [5.41, 5.74) is 0.675. The Labute approximate surface area is 100 Å². The molecule has 2 aromatic carbocycles. The zero-order valence-corrected chi connectivity index (χ0v) is 9.63. The van der Waals surface area contributed by atoms with Crippen molar-refractivity contribution in [3.8, 4) is 5.75 Å². The van der Waals surface area contributed by atoms with E-state index in [1.54, 1.807) is 0 Å². The zero-order chi connectivity index (χ0) is 11.9. The van der Waals surface area contributed by atoms with Crippen molar-refractivity contribution < 1.29 is 9.84 Å². The second-order valence-corrected chi connectivity index (χ2v) is 4.39. The van der Waals surface area contributed by atoms with Gasteiger partial charge >= 0.3 is 0 Å². The lowest BCUT2D eigenvalue weighted by Gasteiger charge is -2.27. The SMILES string of the molecule is C[C@@H]1Oc2ccccc2[C@]1(O)c1ccccc1. The van der Waals surface area contributed by atoms with Gasteiger partial charge in [0.2, 0.25) is 0 Å². The fraction of sp³-hybridized carbons (Fsp3) is 0.200. The molecule has 2 nitrogen and oxygen atoms in total. The van der Waals surface area contributed by atoms with Crippen LogP contribution < -0.4 is 4.74 Å². The topological polar surface area (TPSA) is 29.5 Å². The summed E-state index contributed by atoms with van der Waals surface area (Å²) in [6, 6.07) is 17.3. The van der Waals surface area contributed by atoms with Crippen molar-refractivity contribution in [2.75, 3.05) is 0 Å². The first-order valence-electron chi connectivity index (χ1n) is 5.77. The molecule has 2 heteroatoms. The molecule has 0 saturated carbocycles. The van der Waals surface area contributed by atoms with Crippen LogP contribution in [0.1, 0.15) is 18.1 Å². The van der Waals surface area contributed by atoms with Crippen molar-refractivity contribution in [1.29, 1.82) is 0 Å². The Morgan fingerprint density at radius 1 is 1.00 bits per heavy atom. The first-order valence-corrected chi connectivity index (χ1v) is 5.77. The molecule has 0 fully saturated rings. The van der Waals surface area contributed by atoms with Crippen molar-refractivity contribution in [1.82, 2.24) is 0 Å². The van der Waals surface area contributed by atoms with E-state index in [-0.39, 0.29) is 6.10 Å². The lowest BCUT2D eigenvalue weighted by molar-refractivity contribution is 0.00393. The highest BCUT2D eigenvalue weighted by Crippen LogP contribution is 2.45. The summed E-state index contributed by atoms with van der Waals surface area (Å²) in [7, 11) is 0. The number of rotatable bonds is 1. The Morgan fingerprint density at radius 3 is 2.41 bits per heavy atom. The van der Waals surface area contributed by atoms with Crippen LogP contribution >= 0.6 is 0 Å². The molecular weight excluding hydrogens is 212 g/mol. The molecule has 0 aliphatic carbocycles. The molecule has 1 heterocycles. The summed E-state index contributed by atoms with van der Waals surface area (Å²) >= 11 is 0. The van der Waals surface area contributed by atoms with E-state index in [9.17, 15) is 5.11 Å². The van der Waals surface area contributed by atoms with Gasteiger partial charge in [0.15, 0.2) is 5.60 Å². The van der Waals surface area contributed by atoms with E-state index in [0.29, 0.717) is 0 Å². The van der Waals surface area contributed by atoms with E-state index in [1.165, 1.54) is 0 Å². The monoisotopic (exact) mass is 226 g/mol. The van der Waals surface area contributed by atoms with Crippen LogP contribution in [0.5, 0.6) is 5.75 Å². The molecule has 2 atom stereocenters. The molecule has 1 aliphatic rings. The van der Waals surface area contributed by atoms with E-state index in [4.69, 9.17) is 4.74 Å². The lowest BCUT2D eigenvalue weighted by Crippen LogP contribution is -2.36. The summed E-state index contributed by atoms with van der Waals surface area (Å²) in [4.78, 5) is 0. The predicted molar refractivity (Wildman–Crippen MR) is 66.0 cm³/mol. The molecule has 17 heavy (non-hydrogen) atoms. The number of hydrogen-bond donors (Lipinski definition) is 1. The highest BCUT2D eigenvalue weighted by molar-refractivity contribution is 5.49. The van der Waals surface area contributed by atoms with Crippen LogP contribution in [0.25, 0.3) is 0 Å². The normalized spacial score (nSPS) is 26.4. The standard InChI is InChI=1S/C15H14O2/c1-11-15(16,12-7-3-2-4-8-12)13-9-5-6-10-14(13)17-11/h2-11,16H,1H3/t11-,15+/m0/s1. The third kappa shape index (κ3) is 1.38. The van der Waals surface area contributed by atoms with E-state index >= 15 is 0 Å². The van der Waals surface area contributed by atoms with Gasteiger partial charge in [-0.3, -0.25) is 0 Å². The second kappa shape index (κ2) is 3.60. The Hall–Kier alpha value is -1.80. The van der Waals surface area contributed by atoms with Gasteiger partial charge in [0.1, 0.15) is 11.9 Å². The van der Waals surface area contributed by atoms with Crippen LogP contribution in [0.2, 0.25) is 0 Å². The zero-order valence-electron chi connectivity index (χ0n) is 9.63. The van der Waals surface area contributed by atoms with Crippen LogP contribution in [0.4, 0.5) is 0 Å². The molecule has 0 unspecified atom stereocenters. The van der Waals surface area contributed by atoms with Crippen LogP contribution in [0.3, 0.4) is 0 Å². The third-order valence-electron chi connectivity index (χ3n) is 3.40. The third-order valence-corrected chi connectivity index (χ3v) is 3.40. The van der Waals surface area contributed by atoms with Crippen molar-refractivity contribution in [2.45, 2.75) is 18.6 Å². The smallest absolute Gasteiger partial charge is 0.155 e. The molecule has 0 bridgehead atoms. The Kier molecular flexibility index (Phi) is 2.20. The maximum absolute atomic E-state index is 11.0. The van der Waals surface area contributed by atoms with Gasteiger partial charge in [0.05, 0.1) is 0 Å². The molecule has 1 N–H and O–H groups in total. The minimum atomic E-state index is -1.04. The highest BCUT2D eigenvalue weighted by atomic mass is 16.5. The van der Waals surface area contributed by atoms with Gasteiger partial charge in [-0.15, -0.1) is 0 Å². The molecular formula is C15H14O2. The van der Waals surface area contributed by atoms with Crippen molar-refractivity contribution in [3.63, 3.8) is 0 Å². The van der Waals surface area contributed by atoms with Crippen LogP contribution in [-0.4, -0.2) is 11.2 Å². The van der Waals surface area contributed by atoms with Gasteiger partial charge in [0.25, 0.3) is 0 Å². The average Bonchev–Trinajstić information content (AvgIpc) is 2.64. The summed E-state index contributed by atoms with van der Waals surface area (Å²) in [6.07, 6.45) is -0.276. The first kappa shape index (κ1) is 10.4. The number of benzene rings is 2. The molecule has 2 aromatic rings. The van der Waals surface area contributed by atoms with Gasteiger partial charge in [-0.05, 0) is 18.6 Å². The number of para-hydroxylation sites is 1. The van der Waals surface area contributed by atoms with Gasteiger partial charge < -0.3 is 9.84 Å². The fourth-order valence-corrected chi connectivity index (χ4v) is 2.46. The number of ether oxygens (including phenoxy) is 1. The van der Waals surface area contributed by atoms with Gasteiger partial charge in [-0.25, -0.2) is 0 Å². The fourth-order valence-electron chi connectivity index (χ4n) is 2.46. The molecule has 86 valence electrons. The predicted octanol–water partition coefficient (Wildman–Crippen LogP) is 2.70. The van der Waals surface area contributed by atoms with Crippen LogP contribution in [-0.2, 0) is 5.60 Å². The first-order chi connectivity index (χ1) is 8.23. The molecule has 0 radical (unpaired) electrons. The van der Waals surface area contributed by atoms with Gasteiger partial charge in [0, 0.05) is 5.56 Å². The number of hydrogen-bond acceptors (Lipinski definition) is 2. The van der Waals surface area contributed by atoms with Crippen molar-refractivity contribution in [2.24, 2.45) is 0 Å². The van der Waals surface area contributed by atoms with Crippen molar-refractivity contribution >= 4 is 0 Å². The number of aliphatic hydroxyl groups is 1. The second-order valence-electron chi connectivity index (χ2n) is 4.39. The molecule has 0 aromatic heterocycles. The Morgan fingerprint density at radius 2 is 1.65 bits per heavy atom. The largest absolute Gasteiger partial charge is 0.487 e. The van der Waals surface area contributed by atoms with E-state index in [0.717, 1.165) is 16.9 Å². The molecule has 0 amide bonds. The van der Waals surface area contributed by atoms with Crippen LogP contribution in [0.15, 0.2) is 54.6 Å². The highest BCUT2D eigenvalue weighted by Gasteiger charge is 2.46. The molecule has 0 saturated heterocycles. The van der Waals surface area contributed by atoms with E-state index in [1.807, 2.05) is 61.5 Å². The molecule has 0 spiro atoms. The maximum Gasteiger partial charge on any atom is 0.155 e. The summed E-state index contributed by atoms with van der Waals surface area (Å²) in [5, 5.41) is 11.0. The molecule has 3 rings (SSSR count). The van der Waals surface area contributed by atoms with E-state index < -0.39 is 5.60 Å². The maximum atomic E-state index is 11.0. The van der Waals surface area contributed by atoms with Gasteiger partial charge in [-0.2, -0.15) is 0 Å². The number of fused-ring (bicyclic) bond motifs is 1. The summed E-state index contributed by atoms with van der Waals surface area (Å²) < 4.78 is 5.73. The Balaban J connectivity index is 2.20. The van der Waals surface area contributed by atoms with Crippen LogP contribution in [0, 0.1) is 0 Å². The summed E-state index contributed by atoms with van der Waals surface area (Å²) in [6.45, 7) is 1.90. The molecule has 1 aliphatic heterocycles. The minimum absolute atomic E-state index is 0.276. The average molecular weight is 226 g/mol. The Bertz CT molecular complexity index is 536. The van der Waals surface area contributed by atoms with Crippen molar-refractivity contribution in [3.05, 3.63) is 65.7 Å². The lowest BCUT2D eigenvalue weighted by atomic mass is 9.84.